The number of hydrogen-bond donors (Lipinski definition) is 4. The molecule has 0 saturated carbocycles. The van der Waals surface area contributed by atoms with Crippen molar-refractivity contribution in [2.24, 2.45) is 5.73 Å². The van der Waals surface area contributed by atoms with E-state index in [2.05, 4.69) is 46.6 Å². The summed E-state index contributed by atoms with van der Waals surface area (Å²) < 4.78 is 74.1. The Balaban J connectivity index is 0.000000345. The number of alkyl halides is 6. The highest BCUT2D eigenvalue weighted by molar-refractivity contribution is 5.94. The van der Waals surface area contributed by atoms with Crippen LogP contribution in [0.1, 0.15) is 27.9 Å². The average Bonchev–Trinajstić information content (AvgIpc) is 3.64. The number of nitrogens with one attached hydrogen (secondary N) is 1. The van der Waals surface area contributed by atoms with Crippen LogP contribution in [0.15, 0.2) is 66.7 Å². The molecule has 1 saturated heterocycles. The van der Waals surface area contributed by atoms with Gasteiger partial charge in [-0.1, -0.05) is 36.4 Å². The van der Waals surface area contributed by atoms with Crippen LogP contribution >= 0.6 is 0 Å². The Hall–Kier alpha value is -4.83. The number of carbonyl (C=O) groups excluding carboxylic acids is 1. The predicted octanol–water partition coefficient (Wildman–Crippen LogP) is 4.81. The number of carboxylic acid groups (broad SMARTS) is 2. The Bertz CT molecular complexity index is 1510. The number of hydrogen-bond acceptors (Lipinski definition) is 7. The fraction of sp³-hybridized carbons (Fsp3) is 0.300. The molecule has 3 aromatic rings. The van der Waals surface area contributed by atoms with E-state index < -0.39 is 24.3 Å². The molecule has 1 atom stereocenters. The van der Waals surface area contributed by atoms with Gasteiger partial charge in [-0.15, -0.1) is 0 Å². The lowest BCUT2D eigenvalue weighted by molar-refractivity contribution is -0.193. The number of likely N-dealkylation sites (tertiary alicyclic amines) is 1. The second-order valence-corrected chi connectivity index (χ2v) is 10.0. The van der Waals surface area contributed by atoms with Crippen LogP contribution in [0.5, 0.6) is 11.5 Å². The van der Waals surface area contributed by atoms with Gasteiger partial charge in [0.05, 0.1) is 0 Å². The molecule has 1 fully saturated rings. The van der Waals surface area contributed by atoms with Crippen molar-refractivity contribution in [2.75, 3.05) is 19.9 Å². The summed E-state index contributed by atoms with van der Waals surface area (Å²) in [4.78, 5) is 32.8. The highest BCUT2D eigenvalue weighted by atomic mass is 19.4. The minimum atomic E-state index is -5.08. The lowest BCUT2D eigenvalue weighted by Crippen LogP contribution is -2.26. The SMILES string of the molecule is NC1CCN(Cc2cccc(-c3cccc(CNC(=O)c4ccc5c(c4)OCO5)c3)c2)C1.O=C(O)C(F)(F)F.O=C(O)C(F)(F)F. The number of amides is 1. The van der Waals surface area contributed by atoms with Gasteiger partial charge in [0, 0.05) is 37.8 Å². The number of halogens is 6. The lowest BCUT2D eigenvalue weighted by atomic mass is 10.0. The molecule has 0 spiro atoms. The molecule has 46 heavy (non-hydrogen) atoms. The van der Waals surface area contributed by atoms with Gasteiger partial charge in [-0.05, 0) is 59.0 Å². The van der Waals surface area contributed by atoms with E-state index in [4.69, 9.17) is 35.0 Å². The molecular formula is C30H29F6N3O7. The third kappa shape index (κ3) is 11.0. The molecule has 0 bridgehead atoms. The van der Waals surface area contributed by atoms with Gasteiger partial charge < -0.3 is 30.7 Å². The van der Waals surface area contributed by atoms with Crippen LogP contribution in [-0.4, -0.2) is 71.2 Å². The molecule has 0 radical (unpaired) electrons. The smallest absolute Gasteiger partial charge is 0.475 e. The Labute approximate surface area is 258 Å². The zero-order valence-electron chi connectivity index (χ0n) is 23.9. The largest absolute Gasteiger partial charge is 0.490 e. The number of carbonyl (C=O) groups is 3. The molecule has 16 heteroatoms. The van der Waals surface area contributed by atoms with Gasteiger partial charge in [-0.3, -0.25) is 9.69 Å². The number of fused-ring (bicyclic) bond motifs is 1. The molecule has 0 aromatic heterocycles. The average molecular weight is 658 g/mol. The van der Waals surface area contributed by atoms with E-state index in [1.165, 1.54) is 11.1 Å². The summed E-state index contributed by atoms with van der Waals surface area (Å²) >= 11 is 0. The second-order valence-electron chi connectivity index (χ2n) is 10.0. The highest BCUT2D eigenvalue weighted by Gasteiger charge is 2.38. The highest BCUT2D eigenvalue weighted by Crippen LogP contribution is 2.32. The molecular weight excluding hydrogens is 628 g/mol. The van der Waals surface area contributed by atoms with Crippen molar-refractivity contribution in [3.63, 3.8) is 0 Å². The van der Waals surface area contributed by atoms with Crippen molar-refractivity contribution < 1.29 is 60.4 Å². The lowest BCUT2D eigenvalue weighted by Gasteiger charge is -2.16. The van der Waals surface area contributed by atoms with Crippen LogP contribution in [0.4, 0.5) is 26.3 Å². The minimum Gasteiger partial charge on any atom is -0.475 e. The second kappa shape index (κ2) is 15.4. The van der Waals surface area contributed by atoms with Crippen LogP contribution in [0.2, 0.25) is 0 Å². The van der Waals surface area contributed by atoms with Crippen LogP contribution in [0, 0.1) is 0 Å². The van der Waals surface area contributed by atoms with Gasteiger partial charge in [0.2, 0.25) is 6.79 Å². The van der Waals surface area contributed by atoms with E-state index in [-0.39, 0.29) is 12.7 Å². The standard InChI is InChI=1S/C26H27N3O3.2C2HF3O2/c27-23-9-10-29(16-23)15-19-4-2-6-21(12-19)20-5-1-3-18(11-20)14-28-26(30)22-7-8-24-25(13-22)32-17-31-24;2*3-2(4,5)1(6)7/h1-8,11-13,23H,9-10,14-17,27H2,(H,28,30);2*(H,6,7). The van der Waals surface area contributed by atoms with Crippen LogP contribution in [0.3, 0.4) is 0 Å². The van der Waals surface area contributed by atoms with Crippen molar-refractivity contribution in [2.45, 2.75) is 37.9 Å². The molecule has 5 N–H and O–H groups in total. The Morgan fingerprint density at radius 2 is 1.37 bits per heavy atom. The summed E-state index contributed by atoms with van der Waals surface area (Å²) in [5.74, 6) is -4.38. The number of ether oxygens (including phenoxy) is 2. The first kappa shape index (κ1) is 35.6. The van der Waals surface area contributed by atoms with Crippen molar-refractivity contribution in [1.82, 2.24) is 10.2 Å². The number of nitrogens with two attached hydrogens (primary N) is 1. The monoisotopic (exact) mass is 657 g/mol. The molecule has 248 valence electrons. The molecule has 2 heterocycles. The first-order chi connectivity index (χ1) is 21.5. The molecule has 1 amide bonds. The summed E-state index contributed by atoms with van der Waals surface area (Å²) in [6.45, 7) is 3.59. The fourth-order valence-corrected chi connectivity index (χ4v) is 4.30. The van der Waals surface area contributed by atoms with E-state index in [0.29, 0.717) is 29.6 Å². The Kier molecular flexibility index (Phi) is 12.0. The zero-order valence-corrected chi connectivity index (χ0v) is 23.9. The van der Waals surface area contributed by atoms with Crippen molar-refractivity contribution in [1.29, 1.82) is 0 Å². The van der Waals surface area contributed by atoms with Gasteiger partial charge >= 0.3 is 24.3 Å². The van der Waals surface area contributed by atoms with Crippen molar-refractivity contribution in [3.05, 3.63) is 83.4 Å². The topological polar surface area (TPSA) is 151 Å². The molecule has 10 nitrogen and oxygen atoms in total. The Morgan fingerprint density at radius 3 is 1.91 bits per heavy atom. The zero-order chi connectivity index (χ0) is 34.1. The third-order valence-corrected chi connectivity index (χ3v) is 6.48. The molecule has 1 unspecified atom stereocenters. The van der Waals surface area contributed by atoms with Crippen LogP contribution < -0.4 is 20.5 Å². The Morgan fingerprint density at radius 1 is 0.826 bits per heavy atom. The minimum absolute atomic E-state index is 0.139. The van der Waals surface area contributed by atoms with E-state index in [9.17, 15) is 31.1 Å². The van der Waals surface area contributed by atoms with Crippen molar-refractivity contribution in [3.8, 4) is 22.6 Å². The van der Waals surface area contributed by atoms with Gasteiger partial charge in [0.15, 0.2) is 11.5 Å². The molecule has 2 aliphatic rings. The number of carboxylic acids is 2. The number of nitrogens with zero attached hydrogens (tertiary/aromatic N) is 1. The van der Waals surface area contributed by atoms with Gasteiger partial charge in [0.1, 0.15) is 0 Å². The van der Waals surface area contributed by atoms with E-state index >= 15 is 0 Å². The first-order valence-corrected chi connectivity index (χ1v) is 13.5. The number of rotatable bonds is 6. The predicted molar refractivity (Wildman–Crippen MR) is 151 cm³/mol. The summed E-state index contributed by atoms with van der Waals surface area (Å²) in [7, 11) is 0. The van der Waals surface area contributed by atoms with Gasteiger partial charge in [-0.25, -0.2) is 9.59 Å². The maximum Gasteiger partial charge on any atom is 0.490 e. The van der Waals surface area contributed by atoms with E-state index in [1.54, 1.807) is 18.2 Å². The summed E-state index contributed by atoms with van der Waals surface area (Å²) in [5.41, 5.74) is 11.3. The van der Waals surface area contributed by atoms with Gasteiger partial charge in [0.25, 0.3) is 5.91 Å². The summed E-state index contributed by atoms with van der Waals surface area (Å²) in [5, 5.41) is 17.2. The third-order valence-electron chi connectivity index (χ3n) is 6.48. The summed E-state index contributed by atoms with van der Waals surface area (Å²) in [6, 6.07) is 22.5. The van der Waals surface area contributed by atoms with Gasteiger partial charge in [-0.2, -0.15) is 26.3 Å². The number of benzene rings is 3. The normalized spacial score (nSPS) is 15.6. The maximum atomic E-state index is 12.6. The van der Waals surface area contributed by atoms with E-state index in [0.717, 1.165) is 37.2 Å². The van der Waals surface area contributed by atoms with E-state index in [1.807, 2.05) is 12.1 Å². The van der Waals surface area contributed by atoms with Crippen molar-refractivity contribution >= 4 is 17.8 Å². The molecule has 3 aromatic carbocycles. The first-order valence-electron chi connectivity index (χ1n) is 13.5. The molecule has 5 rings (SSSR count). The maximum absolute atomic E-state index is 12.6. The fourth-order valence-electron chi connectivity index (χ4n) is 4.30. The van der Waals surface area contributed by atoms with Crippen LogP contribution in [-0.2, 0) is 22.7 Å². The molecule has 0 aliphatic carbocycles. The summed E-state index contributed by atoms with van der Waals surface area (Å²) in [6.07, 6.45) is -9.10. The molecule has 2 aliphatic heterocycles. The quantitative estimate of drug-likeness (QED) is 0.274. The van der Waals surface area contributed by atoms with Crippen LogP contribution in [0.25, 0.3) is 11.1 Å². The number of aliphatic carboxylic acids is 2.